The van der Waals surface area contributed by atoms with Gasteiger partial charge in [-0.2, -0.15) is 0 Å². The summed E-state index contributed by atoms with van der Waals surface area (Å²) in [5.41, 5.74) is 7.51. The van der Waals surface area contributed by atoms with Crippen LogP contribution in [-0.4, -0.2) is 16.6 Å². The van der Waals surface area contributed by atoms with Crippen LogP contribution in [0.15, 0.2) is 42.7 Å². The van der Waals surface area contributed by atoms with Gasteiger partial charge in [0, 0.05) is 37.1 Å². The van der Waals surface area contributed by atoms with Gasteiger partial charge in [0.05, 0.1) is 6.61 Å². The molecule has 17 heavy (non-hydrogen) atoms. The van der Waals surface area contributed by atoms with Crippen molar-refractivity contribution in [3.05, 3.63) is 54.0 Å². The summed E-state index contributed by atoms with van der Waals surface area (Å²) in [6.45, 7) is 1.08. The molecule has 2 aromatic rings. The number of pyridine rings is 2. The Morgan fingerprint density at radius 3 is 2.71 bits per heavy atom. The smallest absolute Gasteiger partial charge is 0.213 e. The number of rotatable bonds is 5. The summed E-state index contributed by atoms with van der Waals surface area (Å²) >= 11 is 0. The van der Waals surface area contributed by atoms with Crippen LogP contribution >= 0.6 is 0 Å². The van der Waals surface area contributed by atoms with E-state index >= 15 is 0 Å². The molecule has 2 rings (SSSR count). The van der Waals surface area contributed by atoms with Crippen molar-refractivity contribution in [1.29, 1.82) is 0 Å². The van der Waals surface area contributed by atoms with Crippen molar-refractivity contribution in [2.45, 2.75) is 13.0 Å². The average Bonchev–Trinajstić information content (AvgIpc) is 2.41. The molecule has 0 radical (unpaired) electrons. The number of nitrogens with two attached hydrogens (primary N) is 1. The standard InChI is InChI=1S/C13H15N3O/c14-9-11-4-5-13(16-10-11)17-8-6-12-3-1-2-7-15-12/h1-5,7,10H,6,8-9,14H2. The van der Waals surface area contributed by atoms with Crippen LogP contribution in [0.2, 0.25) is 0 Å². The highest BCUT2D eigenvalue weighted by Crippen LogP contribution is 2.07. The Bertz CT molecular complexity index is 442. The number of hydrogen-bond acceptors (Lipinski definition) is 4. The van der Waals surface area contributed by atoms with E-state index in [1.165, 1.54) is 0 Å². The molecule has 0 unspecified atom stereocenters. The van der Waals surface area contributed by atoms with Crippen molar-refractivity contribution < 1.29 is 4.74 Å². The first kappa shape index (κ1) is 11.5. The molecule has 0 bridgehead atoms. The SMILES string of the molecule is NCc1ccc(OCCc2ccccn2)nc1. The molecule has 0 fully saturated rings. The van der Waals surface area contributed by atoms with Gasteiger partial charge in [0.1, 0.15) is 0 Å². The maximum Gasteiger partial charge on any atom is 0.213 e. The zero-order valence-electron chi connectivity index (χ0n) is 9.54. The van der Waals surface area contributed by atoms with E-state index in [4.69, 9.17) is 10.5 Å². The maximum absolute atomic E-state index is 5.52. The summed E-state index contributed by atoms with van der Waals surface area (Å²) in [7, 11) is 0. The molecular weight excluding hydrogens is 214 g/mol. The summed E-state index contributed by atoms with van der Waals surface area (Å²) in [5.74, 6) is 0.623. The molecule has 88 valence electrons. The largest absolute Gasteiger partial charge is 0.477 e. The minimum atomic E-state index is 0.501. The van der Waals surface area contributed by atoms with Crippen LogP contribution in [0.25, 0.3) is 0 Å². The topological polar surface area (TPSA) is 61.0 Å². The molecule has 0 saturated carbocycles. The molecule has 2 N–H and O–H groups in total. The molecule has 0 atom stereocenters. The van der Waals surface area contributed by atoms with Crippen LogP contribution in [-0.2, 0) is 13.0 Å². The van der Waals surface area contributed by atoms with Gasteiger partial charge < -0.3 is 10.5 Å². The van der Waals surface area contributed by atoms with Crippen LogP contribution in [0, 0.1) is 0 Å². The lowest BCUT2D eigenvalue weighted by Crippen LogP contribution is -2.04. The van der Waals surface area contributed by atoms with Gasteiger partial charge in [0.25, 0.3) is 0 Å². The summed E-state index contributed by atoms with van der Waals surface area (Å²) in [6.07, 6.45) is 4.29. The van der Waals surface area contributed by atoms with Crippen LogP contribution in [0.4, 0.5) is 0 Å². The maximum atomic E-state index is 5.52. The molecule has 0 aliphatic heterocycles. The monoisotopic (exact) mass is 229 g/mol. The van der Waals surface area contributed by atoms with Crippen molar-refractivity contribution in [3.63, 3.8) is 0 Å². The number of ether oxygens (including phenoxy) is 1. The van der Waals surface area contributed by atoms with E-state index in [0.29, 0.717) is 19.0 Å². The summed E-state index contributed by atoms with van der Waals surface area (Å²) < 4.78 is 5.52. The zero-order valence-corrected chi connectivity index (χ0v) is 9.54. The Morgan fingerprint density at radius 1 is 1.12 bits per heavy atom. The van der Waals surface area contributed by atoms with E-state index in [2.05, 4.69) is 9.97 Å². The molecule has 2 heterocycles. The van der Waals surface area contributed by atoms with E-state index in [9.17, 15) is 0 Å². The predicted octanol–water partition coefficient (Wildman–Crippen LogP) is 1.56. The van der Waals surface area contributed by atoms with Gasteiger partial charge in [0.2, 0.25) is 5.88 Å². The van der Waals surface area contributed by atoms with Crippen LogP contribution < -0.4 is 10.5 Å². The quantitative estimate of drug-likeness (QED) is 0.845. The summed E-state index contributed by atoms with van der Waals surface area (Å²) in [5, 5.41) is 0. The third kappa shape index (κ3) is 3.53. The van der Waals surface area contributed by atoms with E-state index in [0.717, 1.165) is 17.7 Å². The molecule has 4 heteroatoms. The lowest BCUT2D eigenvalue weighted by Gasteiger charge is -2.05. The predicted molar refractivity (Wildman–Crippen MR) is 65.6 cm³/mol. The van der Waals surface area contributed by atoms with E-state index < -0.39 is 0 Å². The first-order valence-electron chi connectivity index (χ1n) is 5.56. The normalized spacial score (nSPS) is 10.2. The molecular formula is C13H15N3O. The van der Waals surface area contributed by atoms with Crippen LogP contribution in [0.3, 0.4) is 0 Å². The Balaban J connectivity index is 1.82. The lowest BCUT2D eigenvalue weighted by atomic mass is 10.3. The highest BCUT2D eigenvalue weighted by molar-refractivity contribution is 5.17. The third-order valence-corrected chi connectivity index (χ3v) is 2.37. The van der Waals surface area contributed by atoms with E-state index in [1.807, 2.05) is 30.3 Å². The Hall–Kier alpha value is -1.94. The van der Waals surface area contributed by atoms with Gasteiger partial charge in [-0.3, -0.25) is 4.98 Å². The second-order valence-corrected chi connectivity index (χ2v) is 3.63. The number of aromatic nitrogens is 2. The van der Waals surface area contributed by atoms with Gasteiger partial charge in [-0.25, -0.2) is 4.98 Å². The van der Waals surface area contributed by atoms with Gasteiger partial charge in [-0.15, -0.1) is 0 Å². The van der Waals surface area contributed by atoms with Crippen molar-refractivity contribution >= 4 is 0 Å². The van der Waals surface area contributed by atoms with Gasteiger partial charge in [0.15, 0.2) is 0 Å². The highest BCUT2D eigenvalue weighted by atomic mass is 16.5. The Morgan fingerprint density at radius 2 is 2.06 bits per heavy atom. The number of nitrogens with zero attached hydrogens (tertiary/aromatic N) is 2. The second-order valence-electron chi connectivity index (χ2n) is 3.63. The molecule has 0 saturated heterocycles. The molecule has 0 aromatic carbocycles. The van der Waals surface area contributed by atoms with Crippen molar-refractivity contribution in [2.24, 2.45) is 5.73 Å². The molecule has 0 amide bonds. The fourth-order valence-electron chi connectivity index (χ4n) is 1.42. The second kappa shape index (κ2) is 5.96. The van der Waals surface area contributed by atoms with Crippen molar-refractivity contribution in [2.75, 3.05) is 6.61 Å². The fraction of sp³-hybridized carbons (Fsp3) is 0.231. The number of hydrogen-bond donors (Lipinski definition) is 1. The lowest BCUT2D eigenvalue weighted by molar-refractivity contribution is 0.308. The van der Waals surface area contributed by atoms with Crippen LogP contribution in [0.5, 0.6) is 5.88 Å². The average molecular weight is 229 g/mol. The van der Waals surface area contributed by atoms with Crippen molar-refractivity contribution in [3.8, 4) is 5.88 Å². The van der Waals surface area contributed by atoms with E-state index in [1.54, 1.807) is 12.4 Å². The molecule has 4 nitrogen and oxygen atoms in total. The molecule has 2 aromatic heterocycles. The Labute approximate surface area is 100 Å². The van der Waals surface area contributed by atoms with Gasteiger partial charge >= 0.3 is 0 Å². The van der Waals surface area contributed by atoms with Crippen LogP contribution in [0.1, 0.15) is 11.3 Å². The summed E-state index contributed by atoms with van der Waals surface area (Å²) in [4.78, 5) is 8.38. The zero-order chi connectivity index (χ0) is 11.9. The molecule has 0 aliphatic rings. The molecule has 0 aliphatic carbocycles. The first-order chi connectivity index (χ1) is 8.38. The fourth-order valence-corrected chi connectivity index (χ4v) is 1.42. The van der Waals surface area contributed by atoms with Gasteiger partial charge in [-0.1, -0.05) is 12.1 Å². The molecule has 0 spiro atoms. The van der Waals surface area contributed by atoms with Crippen molar-refractivity contribution in [1.82, 2.24) is 9.97 Å². The minimum Gasteiger partial charge on any atom is -0.477 e. The summed E-state index contributed by atoms with van der Waals surface area (Å²) in [6, 6.07) is 9.60. The minimum absolute atomic E-state index is 0.501. The Kier molecular flexibility index (Phi) is 4.05. The van der Waals surface area contributed by atoms with Gasteiger partial charge in [-0.05, 0) is 17.7 Å². The highest BCUT2D eigenvalue weighted by Gasteiger charge is 1.97. The van der Waals surface area contributed by atoms with E-state index in [-0.39, 0.29) is 0 Å². The third-order valence-electron chi connectivity index (χ3n) is 2.37. The first-order valence-corrected chi connectivity index (χ1v) is 5.56.